The molecule has 2 heterocycles. The quantitative estimate of drug-likeness (QED) is 0.426. The normalized spacial score (nSPS) is 15.6. The van der Waals surface area contributed by atoms with Gasteiger partial charge in [-0.2, -0.15) is 0 Å². The van der Waals surface area contributed by atoms with Crippen LogP contribution >= 0.6 is 0 Å². The Morgan fingerprint density at radius 2 is 1.71 bits per heavy atom. The Morgan fingerprint density at radius 1 is 0.903 bits per heavy atom. The van der Waals surface area contributed by atoms with Crippen LogP contribution in [0.4, 0.5) is 0 Å². The molecule has 0 spiro atoms. The second-order valence-corrected chi connectivity index (χ2v) is 7.95. The minimum absolute atomic E-state index is 0.157. The van der Waals surface area contributed by atoms with Gasteiger partial charge in [0.2, 0.25) is 0 Å². The highest BCUT2D eigenvalue weighted by Gasteiger charge is 2.25. The van der Waals surface area contributed by atoms with Crippen molar-refractivity contribution in [1.82, 2.24) is 10.3 Å². The number of ether oxygens (including phenoxy) is 2. The van der Waals surface area contributed by atoms with Gasteiger partial charge in [0.15, 0.2) is 0 Å². The number of benzene rings is 3. The maximum atomic E-state index is 5.96. The highest BCUT2D eigenvalue weighted by Crippen LogP contribution is 2.35. The van der Waals surface area contributed by atoms with E-state index in [0.717, 1.165) is 30.9 Å². The molecular formula is C27H28N2O2. The monoisotopic (exact) mass is 412 g/mol. The molecule has 31 heavy (non-hydrogen) atoms. The van der Waals surface area contributed by atoms with Gasteiger partial charge in [-0.1, -0.05) is 42.5 Å². The lowest BCUT2D eigenvalue weighted by molar-refractivity contribution is 0.322. The summed E-state index contributed by atoms with van der Waals surface area (Å²) in [6.45, 7) is 4.34. The molecule has 1 aliphatic heterocycles. The van der Waals surface area contributed by atoms with Crippen LogP contribution in [-0.2, 0) is 12.8 Å². The standard InChI is InChI=1S/C27H28N2O2/c1-2-30-22-12-13-25-24(18-22)23-14-16-28-26(27(23)29-25)20-8-10-21(11-9-20)31-17-15-19-6-4-3-5-7-19/h3-13,18,26,28-29H,2,14-17H2,1H3. The topological polar surface area (TPSA) is 46.3 Å². The predicted molar refractivity (Wildman–Crippen MR) is 125 cm³/mol. The van der Waals surface area contributed by atoms with Gasteiger partial charge in [0.1, 0.15) is 11.5 Å². The van der Waals surface area contributed by atoms with E-state index in [2.05, 4.69) is 71.0 Å². The lowest BCUT2D eigenvalue weighted by Gasteiger charge is -2.25. The Kier molecular flexibility index (Phi) is 5.63. The van der Waals surface area contributed by atoms with Gasteiger partial charge in [0, 0.05) is 29.6 Å². The second-order valence-electron chi connectivity index (χ2n) is 7.95. The van der Waals surface area contributed by atoms with E-state index >= 15 is 0 Å². The molecule has 0 amide bonds. The number of rotatable bonds is 7. The van der Waals surface area contributed by atoms with Gasteiger partial charge in [0.05, 0.1) is 19.3 Å². The van der Waals surface area contributed by atoms with Crippen molar-refractivity contribution in [2.45, 2.75) is 25.8 Å². The summed E-state index contributed by atoms with van der Waals surface area (Å²) in [5.74, 6) is 1.85. The van der Waals surface area contributed by atoms with Crippen LogP contribution in [0.3, 0.4) is 0 Å². The Morgan fingerprint density at radius 3 is 2.52 bits per heavy atom. The van der Waals surface area contributed by atoms with Crippen LogP contribution in [0, 0.1) is 0 Å². The molecule has 0 saturated carbocycles. The molecule has 2 N–H and O–H groups in total. The van der Waals surface area contributed by atoms with E-state index in [1.165, 1.54) is 33.3 Å². The van der Waals surface area contributed by atoms with Crippen molar-refractivity contribution in [2.24, 2.45) is 0 Å². The number of H-pyrrole nitrogens is 1. The molecule has 1 aliphatic rings. The van der Waals surface area contributed by atoms with Gasteiger partial charge < -0.3 is 19.8 Å². The Bertz CT molecular complexity index is 1150. The minimum Gasteiger partial charge on any atom is -0.494 e. The summed E-state index contributed by atoms with van der Waals surface area (Å²) in [4.78, 5) is 3.65. The van der Waals surface area contributed by atoms with E-state index in [0.29, 0.717) is 13.2 Å². The molecule has 5 rings (SSSR count). The molecule has 4 heteroatoms. The first-order valence-corrected chi connectivity index (χ1v) is 11.1. The average Bonchev–Trinajstić information content (AvgIpc) is 3.19. The SMILES string of the molecule is CCOc1ccc2[nH]c3c(c2c1)CCNC3c1ccc(OCCc2ccccc2)cc1. The molecule has 0 saturated heterocycles. The van der Waals surface area contributed by atoms with Crippen LogP contribution in [0.5, 0.6) is 11.5 Å². The Hall–Kier alpha value is -3.24. The highest BCUT2D eigenvalue weighted by molar-refractivity contribution is 5.86. The van der Waals surface area contributed by atoms with E-state index in [9.17, 15) is 0 Å². The number of hydrogen-bond donors (Lipinski definition) is 2. The van der Waals surface area contributed by atoms with Gasteiger partial charge in [-0.05, 0) is 60.4 Å². The first kappa shape index (κ1) is 19.7. The number of aromatic amines is 1. The third-order valence-electron chi connectivity index (χ3n) is 5.95. The molecular weight excluding hydrogens is 384 g/mol. The largest absolute Gasteiger partial charge is 0.494 e. The third kappa shape index (κ3) is 4.17. The van der Waals surface area contributed by atoms with Crippen LogP contribution in [-0.4, -0.2) is 24.7 Å². The third-order valence-corrected chi connectivity index (χ3v) is 5.95. The molecule has 1 aromatic heterocycles. The lowest BCUT2D eigenvalue weighted by atomic mass is 9.94. The molecule has 1 unspecified atom stereocenters. The zero-order valence-electron chi connectivity index (χ0n) is 17.9. The van der Waals surface area contributed by atoms with Crippen LogP contribution in [0.25, 0.3) is 10.9 Å². The van der Waals surface area contributed by atoms with Crippen LogP contribution in [0.1, 0.15) is 35.3 Å². The zero-order chi connectivity index (χ0) is 21.0. The summed E-state index contributed by atoms with van der Waals surface area (Å²) >= 11 is 0. The molecule has 4 aromatic rings. The van der Waals surface area contributed by atoms with Crippen molar-refractivity contribution in [3.63, 3.8) is 0 Å². The molecule has 3 aromatic carbocycles. The van der Waals surface area contributed by atoms with E-state index < -0.39 is 0 Å². The lowest BCUT2D eigenvalue weighted by Crippen LogP contribution is -2.30. The molecule has 0 radical (unpaired) electrons. The fraction of sp³-hybridized carbons (Fsp3) is 0.259. The number of fused-ring (bicyclic) bond motifs is 3. The van der Waals surface area contributed by atoms with E-state index in [1.54, 1.807) is 0 Å². The maximum absolute atomic E-state index is 5.96. The van der Waals surface area contributed by atoms with E-state index in [4.69, 9.17) is 9.47 Å². The van der Waals surface area contributed by atoms with Crippen LogP contribution in [0.15, 0.2) is 72.8 Å². The van der Waals surface area contributed by atoms with Crippen molar-refractivity contribution in [3.8, 4) is 11.5 Å². The summed E-state index contributed by atoms with van der Waals surface area (Å²) in [6, 6.07) is 25.4. The fourth-order valence-corrected chi connectivity index (χ4v) is 4.44. The van der Waals surface area contributed by atoms with Crippen LogP contribution < -0.4 is 14.8 Å². The molecule has 0 fully saturated rings. The van der Waals surface area contributed by atoms with Crippen molar-refractivity contribution in [2.75, 3.05) is 19.8 Å². The molecule has 158 valence electrons. The van der Waals surface area contributed by atoms with Gasteiger partial charge in [-0.25, -0.2) is 0 Å². The minimum atomic E-state index is 0.157. The Labute approximate surface area is 183 Å². The summed E-state index contributed by atoms with van der Waals surface area (Å²) < 4.78 is 11.7. The number of nitrogens with one attached hydrogen (secondary N) is 2. The number of aromatic nitrogens is 1. The summed E-state index contributed by atoms with van der Waals surface area (Å²) in [7, 11) is 0. The fourth-order valence-electron chi connectivity index (χ4n) is 4.44. The van der Waals surface area contributed by atoms with Gasteiger partial charge in [-0.15, -0.1) is 0 Å². The second kappa shape index (κ2) is 8.86. The summed E-state index contributed by atoms with van der Waals surface area (Å²) in [5, 5.41) is 4.94. The zero-order valence-corrected chi connectivity index (χ0v) is 17.9. The molecule has 4 nitrogen and oxygen atoms in total. The smallest absolute Gasteiger partial charge is 0.120 e. The maximum Gasteiger partial charge on any atom is 0.120 e. The van der Waals surface area contributed by atoms with Crippen molar-refractivity contribution >= 4 is 10.9 Å². The van der Waals surface area contributed by atoms with Crippen molar-refractivity contribution in [3.05, 3.63) is 95.2 Å². The predicted octanol–water partition coefficient (Wildman–Crippen LogP) is 5.42. The first-order chi connectivity index (χ1) is 15.3. The van der Waals surface area contributed by atoms with Crippen molar-refractivity contribution in [1.29, 1.82) is 0 Å². The van der Waals surface area contributed by atoms with E-state index in [1.807, 2.05) is 19.1 Å². The first-order valence-electron chi connectivity index (χ1n) is 11.1. The Balaban J connectivity index is 1.32. The molecule has 0 aliphatic carbocycles. The summed E-state index contributed by atoms with van der Waals surface area (Å²) in [5.41, 5.74) is 6.36. The van der Waals surface area contributed by atoms with Gasteiger partial charge in [0.25, 0.3) is 0 Å². The van der Waals surface area contributed by atoms with Crippen molar-refractivity contribution < 1.29 is 9.47 Å². The van der Waals surface area contributed by atoms with E-state index in [-0.39, 0.29) is 6.04 Å². The molecule has 0 bridgehead atoms. The van der Waals surface area contributed by atoms with Gasteiger partial charge >= 0.3 is 0 Å². The summed E-state index contributed by atoms with van der Waals surface area (Å²) in [6.07, 6.45) is 1.93. The highest BCUT2D eigenvalue weighted by atomic mass is 16.5. The average molecular weight is 413 g/mol. The van der Waals surface area contributed by atoms with Gasteiger partial charge in [-0.3, -0.25) is 0 Å². The molecule has 1 atom stereocenters. The number of hydrogen-bond acceptors (Lipinski definition) is 3. The van der Waals surface area contributed by atoms with Crippen LogP contribution in [0.2, 0.25) is 0 Å².